The van der Waals surface area contributed by atoms with Gasteiger partial charge in [-0.1, -0.05) is 127 Å². The molecule has 0 bridgehead atoms. The molecule has 6 nitrogen and oxygen atoms in total. The molecular weight excluding hydrogens is 570 g/mol. The summed E-state index contributed by atoms with van der Waals surface area (Å²) >= 11 is 0. The first kappa shape index (κ1) is 31.4. The molecule has 5 rings (SSSR count). The number of hydrogen-bond acceptors (Lipinski definition) is 4. The van der Waals surface area contributed by atoms with E-state index in [1.165, 1.54) is 0 Å². The first-order valence-corrected chi connectivity index (χ1v) is 15.0. The molecule has 0 fully saturated rings. The quantitative estimate of drug-likeness (QED) is 0.0999. The normalized spacial score (nSPS) is 10.7. The second-order valence-electron chi connectivity index (χ2n) is 10.9. The van der Waals surface area contributed by atoms with E-state index in [-0.39, 0.29) is 36.1 Å². The van der Waals surface area contributed by atoms with E-state index in [0.717, 1.165) is 27.8 Å². The maximum Gasteiger partial charge on any atom is 0.243 e. The number of aryl methyl sites for hydroxylation is 1. The Morgan fingerprint density at radius 3 is 2.04 bits per heavy atom. The van der Waals surface area contributed by atoms with Crippen molar-refractivity contribution in [1.29, 1.82) is 0 Å². The highest BCUT2D eigenvalue weighted by Gasteiger charge is 2.17. The summed E-state index contributed by atoms with van der Waals surface area (Å²) in [5.41, 5.74) is 7.41. The fraction of sp³-hybridized carbons (Fsp3) is 0.0750. The third kappa shape index (κ3) is 8.77. The van der Waals surface area contributed by atoms with Crippen LogP contribution < -0.4 is 16.0 Å². The SMILES string of the molecule is C=C(/C=C/c1ccc(-c2ccccc2)cc1)NCC(=O)Nc1ccc(NC(=O)Cc2ccc(C)cc2)c(C(=O)c2ccccc2)c1. The largest absolute Gasteiger partial charge is 0.377 e. The number of allylic oxidation sites excluding steroid dienone is 1. The van der Waals surface area contributed by atoms with Gasteiger partial charge in [0.1, 0.15) is 0 Å². The van der Waals surface area contributed by atoms with E-state index >= 15 is 0 Å². The minimum atomic E-state index is -0.309. The van der Waals surface area contributed by atoms with Crippen LogP contribution in [0.5, 0.6) is 0 Å². The van der Waals surface area contributed by atoms with Crippen LogP contribution in [-0.4, -0.2) is 24.1 Å². The van der Waals surface area contributed by atoms with Gasteiger partial charge in [0, 0.05) is 22.5 Å². The zero-order chi connectivity index (χ0) is 32.3. The molecule has 0 aliphatic heterocycles. The third-order valence-corrected chi connectivity index (χ3v) is 7.31. The topological polar surface area (TPSA) is 87.3 Å². The Kier molecular flexibility index (Phi) is 10.3. The van der Waals surface area contributed by atoms with Crippen molar-refractivity contribution in [2.75, 3.05) is 17.2 Å². The van der Waals surface area contributed by atoms with Gasteiger partial charge in [-0.15, -0.1) is 0 Å². The number of nitrogens with one attached hydrogen (secondary N) is 3. The summed E-state index contributed by atoms with van der Waals surface area (Å²) in [5, 5.41) is 8.73. The summed E-state index contributed by atoms with van der Waals surface area (Å²) in [5.74, 6) is -0.822. The molecule has 0 radical (unpaired) electrons. The minimum absolute atomic E-state index is 0.0207. The van der Waals surface area contributed by atoms with Gasteiger partial charge in [-0.05, 0) is 53.5 Å². The summed E-state index contributed by atoms with van der Waals surface area (Å²) in [6, 6.07) is 39.8. The van der Waals surface area contributed by atoms with Gasteiger partial charge in [-0.3, -0.25) is 14.4 Å². The lowest BCUT2D eigenvalue weighted by Crippen LogP contribution is -2.27. The lowest BCUT2D eigenvalue weighted by atomic mass is 10.0. The average molecular weight is 606 g/mol. The van der Waals surface area contributed by atoms with Crippen LogP contribution in [0.25, 0.3) is 17.2 Å². The van der Waals surface area contributed by atoms with E-state index in [1.807, 2.05) is 79.7 Å². The summed E-state index contributed by atoms with van der Waals surface area (Å²) in [6.07, 6.45) is 3.91. The average Bonchev–Trinajstić information content (AvgIpc) is 3.09. The fourth-order valence-corrected chi connectivity index (χ4v) is 4.82. The van der Waals surface area contributed by atoms with E-state index in [1.54, 1.807) is 42.5 Å². The molecule has 5 aromatic rings. The molecule has 0 unspecified atom stereocenters. The standard InChI is InChI=1S/C40H35N3O3/c1-28-13-16-31(17-14-28)25-38(44)43-37-24-23-35(26-36(37)40(46)34-11-7-4-8-12-34)42-39(45)27-41-29(2)15-18-30-19-21-33(22-20-30)32-9-5-3-6-10-32/h3-24,26,41H,2,25,27H2,1H3,(H,42,45)(H,43,44)/b18-15+. The molecule has 0 heterocycles. The molecule has 0 spiro atoms. The van der Waals surface area contributed by atoms with Crippen LogP contribution in [0.1, 0.15) is 32.6 Å². The Labute approximate surface area is 269 Å². The third-order valence-electron chi connectivity index (χ3n) is 7.31. The first-order valence-electron chi connectivity index (χ1n) is 15.0. The molecule has 2 amide bonds. The van der Waals surface area contributed by atoms with E-state index in [4.69, 9.17) is 0 Å². The van der Waals surface area contributed by atoms with Crippen LogP contribution in [0.4, 0.5) is 11.4 Å². The summed E-state index contributed by atoms with van der Waals surface area (Å²) in [4.78, 5) is 39.2. The van der Waals surface area contributed by atoms with E-state index in [0.29, 0.717) is 22.6 Å². The second kappa shape index (κ2) is 15.1. The Bertz CT molecular complexity index is 1860. The van der Waals surface area contributed by atoms with Gasteiger partial charge in [0.05, 0.1) is 18.7 Å². The minimum Gasteiger partial charge on any atom is -0.377 e. The van der Waals surface area contributed by atoms with Crippen molar-refractivity contribution in [3.8, 4) is 11.1 Å². The van der Waals surface area contributed by atoms with Crippen LogP contribution >= 0.6 is 0 Å². The molecule has 228 valence electrons. The van der Waals surface area contributed by atoms with Crippen molar-refractivity contribution in [3.05, 3.63) is 174 Å². The van der Waals surface area contributed by atoms with Crippen molar-refractivity contribution in [3.63, 3.8) is 0 Å². The zero-order valence-electron chi connectivity index (χ0n) is 25.6. The van der Waals surface area contributed by atoms with Crippen molar-refractivity contribution in [2.24, 2.45) is 0 Å². The summed E-state index contributed by atoms with van der Waals surface area (Å²) < 4.78 is 0. The van der Waals surface area contributed by atoms with Crippen molar-refractivity contribution >= 4 is 35.0 Å². The zero-order valence-corrected chi connectivity index (χ0v) is 25.6. The molecule has 3 N–H and O–H groups in total. The number of benzene rings is 5. The Balaban J connectivity index is 1.21. The number of rotatable bonds is 12. The number of hydrogen-bond donors (Lipinski definition) is 3. The van der Waals surface area contributed by atoms with Crippen LogP contribution in [0, 0.1) is 6.92 Å². The maximum absolute atomic E-state index is 13.5. The van der Waals surface area contributed by atoms with Gasteiger partial charge in [-0.2, -0.15) is 0 Å². The number of carbonyl (C=O) groups excluding carboxylic acids is 3. The second-order valence-corrected chi connectivity index (χ2v) is 10.9. The lowest BCUT2D eigenvalue weighted by Gasteiger charge is -2.14. The Morgan fingerprint density at radius 2 is 1.35 bits per heavy atom. The van der Waals surface area contributed by atoms with Gasteiger partial charge < -0.3 is 16.0 Å². The number of amides is 2. The van der Waals surface area contributed by atoms with E-state index < -0.39 is 0 Å². The van der Waals surface area contributed by atoms with Gasteiger partial charge in [0.15, 0.2) is 5.78 Å². The Hall–Kier alpha value is -6.01. The van der Waals surface area contributed by atoms with E-state index in [2.05, 4.69) is 46.8 Å². The maximum atomic E-state index is 13.5. The molecule has 0 aromatic heterocycles. The van der Waals surface area contributed by atoms with Gasteiger partial charge >= 0.3 is 0 Å². The van der Waals surface area contributed by atoms with Gasteiger partial charge in [0.25, 0.3) is 0 Å². The molecule has 46 heavy (non-hydrogen) atoms. The fourth-order valence-electron chi connectivity index (χ4n) is 4.82. The monoisotopic (exact) mass is 605 g/mol. The van der Waals surface area contributed by atoms with Crippen molar-refractivity contribution < 1.29 is 14.4 Å². The van der Waals surface area contributed by atoms with Crippen LogP contribution in [-0.2, 0) is 16.0 Å². The van der Waals surface area contributed by atoms with Crippen molar-refractivity contribution in [1.82, 2.24) is 5.32 Å². The van der Waals surface area contributed by atoms with Crippen LogP contribution in [0.2, 0.25) is 0 Å². The number of ketones is 1. The highest BCUT2D eigenvalue weighted by Crippen LogP contribution is 2.25. The molecular formula is C40H35N3O3. The van der Waals surface area contributed by atoms with Crippen LogP contribution in [0.3, 0.4) is 0 Å². The predicted octanol–water partition coefficient (Wildman–Crippen LogP) is 7.83. The summed E-state index contributed by atoms with van der Waals surface area (Å²) in [6.45, 7) is 5.96. The molecule has 0 saturated carbocycles. The first-order chi connectivity index (χ1) is 22.3. The van der Waals surface area contributed by atoms with Crippen molar-refractivity contribution in [2.45, 2.75) is 13.3 Å². The number of anilines is 2. The summed E-state index contributed by atoms with van der Waals surface area (Å²) in [7, 11) is 0. The number of carbonyl (C=O) groups is 3. The smallest absolute Gasteiger partial charge is 0.243 e. The van der Waals surface area contributed by atoms with Gasteiger partial charge in [0.2, 0.25) is 11.8 Å². The molecule has 0 saturated heterocycles. The highest BCUT2D eigenvalue weighted by molar-refractivity contribution is 6.14. The van der Waals surface area contributed by atoms with Crippen LogP contribution in [0.15, 0.2) is 146 Å². The molecule has 0 atom stereocenters. The molecule has 6 heteroatoms. The van der Waals surface area contributed by atoms with Gasteiger partial charge in [-0.25, -0.2) is 0 Å². The molecule has 0 aliphatic carbocycles. The predicted molar refractivity (Wildman–Crippen MR) is 187 cm³/mol. The highest BCUT2D eigenvalue weighted by atomic mass is 16.2. The lowest BCUT2D eigenvalue weighted by molar-refractivity contribution is -0.116. The van der Waals surface area contributed by atoms with E-state index in [9.17, 15) is 14.4 Å². The Morgan fingerprint density at radius 1 is 0.696 bits per heavy atom. The molecule has 0 aliphatic rings. The molecule has 5 aromatic carbocycles.